The second kappa shape index (κ2) is 9.08. The highest BCUT2D eigenvalue weighted by atomic mass is 35.5. The van der Waals surface area contributed by atoms with Crippen molar-refractivity contribution in [3.05, 3.63) is 22.7 Å². The van der Waals surface area contributed by atoms with Gasteiger partial charge in [0.1, 0.15) is 0 Å². The highest BCUT2D eigenvalue weighted by molar-refractivity contribution is 6.32. The lowest BCUT2D eigenvalue weighted by molar-refractivity contribution is 0.0735. The Morgan fingerprint density at radius 3 is 2.64 bits per heavy atom. The number of amides is 1. The number of ether oxygens (including phenoxy) is 2. The third-order valence-electron chi connectivity index (χ3n) is 3.33. The number of methoxy groups -OCH3 is 1. The van der Waals surface area contributed by atoms with Crippen LogP contribution in [0.25, 0.3) is 0 Å². The predicted octanol–water partition coefficient (Wildman–Crippen LogP) is 2.60. The number of hydrogen-bond acceptors (Lipinski definition) is 4. The molecule has 1 aromatic carbocycles. The Bertz CT molecular complexity index is 506. The smallest absolute Gasteiger partial charge is 0.254 e. The highest BCUT2D eigenvalue weighted by Crippen LogP contribution is 2.36. The Balaban J connectivity index is 0.00000242. The van der Waals surface area contributed by atoms with Crippen molar-refractivity contribution >= 4 is 29.9 Å². The molecule has 0 aliphatic carbocycles. The van der Waals surface area contributed by atoms with E-state index in [1.165, 1.54) is 0 Å². The van der Waals surface area contributed by atoms with Crippen molar-refractivity contribution in [2.24, 2.45) is 0 Å². The van der Waals surface area contributed by atoms with Crippen molar-refractivity contribution in [2.45, 2.75) is 13.3 Å². The van der Waals surface area contributed by atoms with E-state index >= 15 is 0 Å². The summed E-state index contributed by atoms with van der Waals surface area (Å²) in [6.45, 7) is 5.60. The molecule has 1 saturated heterocycles. The summed E-state index contributed by atoms with van der Waals surface area (Å²) in [7, 11) is 1.55. The number of hydrogen-bond donors (Lipinski definition) is 1. The van der Waals surface area contributed by atoms with Gasteiger partial charge in [-0.2, -0.15) is 0 Å². The Morgan fingerprint density at radius 2 is 2.05 bits per heavy atom. The molecule has 0 spiro atoms. The maximum atomic E-state index is 12.5. The first-order valence-electron chi connectivity index (χ1n) is 7.17. The molecule has 0 atom stereocenters. The summed E-state index contributed by atoms with van der Waals surface area (Å²) < 4.78 is 10.9. The standard InChI is InChI=1S/C15H21ClN2O3.ClH/c1-3-8-21-14-12(16)9-11(10-13(14)20-2)15(19)18-6-4-17-5-7-18;/h9-10,17H,3-8H2,1-2H3;1H. The van der Waals surface area contributed by atoms with Crippen molar-refractivity contribution in [3.63, 3.8) is 0 Å². The molecule has 1 N–H and O–H groups in total. The summed E-state index contributed by atoms with van der Waals surface area (Å²) in [5.41, 5.74) is 0.530. The minimum Gasteiger partial charge on any atom is -0.493 e. The van der Waals surface area contributed by atoms with Crippen LogP contribution in [0.2, 0.25) is 5.02 Å². The second-order valence-corrected chi connectivity index (χ2v) is 5.29. The fraction of sp³-hybridized carbons (Fsp3) is 0.533. The number of carbonyl (C=O) groups excluding carboxylic acids is 1. The number of carbonyl (C=O) groups is 1. The molecule has 0 saturated carbocycles. The van der Waals surface area contributed by atoms with Crippen LogP contribution in [0.4, 0.5) is 0 Å². The van der Waals surface area contributed by atoms with E-state index in [1.807, 2.05) is 11.8 Å². The number of benzene rings is 1. The van der Waals surface area contributed by atoms with Crippen LogP contribution < -0.4 is 14.8 Å². The average molecular weight is 349 g/mol. The van der Waals surface area contributed by atoms with Crippen LogP contribution in [-0.2, 0) is 0 Å². The molecule has 1 amide bonds. The van der Waals surface area contributed by atoms with Crippen LogP contribution in [0.15, 0.2) is 12.1 Å². The maximum Gasteiger partial charge on any atom is 0.254 e. The van der Waals surface area contributed by atoms with E-state index in [4.69, 9.17) is 21.1 Å². The lowest BCUT2D eigenvalue weighted by Crippen LogP contribution is -2.46. The van der Waals surface area contributed by atoms with E-state index in [0.29, 0.717) is 41.8 Å². The Hall–Kier alpha value is -1.17. The fourth-order valence-corrected chi connectivity index (χ4v) is 2.50. The Kier molecular flexibility index (Phi) is 7.79. The predicted molar refractivity (Wildman–Crippen MR) is 89.8 cm³/mol. The van der Waals surface area contributed by atoms with Gasteiger partial charge in [0.05, 0.1) is 18.7 Å². The number of halogens is 2. The van der Waals surface area contributed by atoms with E-state index in [1.54, 1.807) is 19.2 Å². The van der Waals surface area contributed by atoms with Gasteiger partial charge in [-0.15, -0.1) is 12.4 Å². The van der Waals surface area contributed by atoms with Gasteiger partial charge in [-0.05, 0) is 18.6 Å². The molecule has 7 heteroatoms. The average Bonchev–Trinajstić information content (AvgIpc) is 2.53. The minimum absolute atomic E-state index is 0. The number of nitrogens with zero attached hydrogens (tertiary/aromatic N) is 1. The highest BCUT2D eigenvalue weighted by Gasteiger charge is 2.21. The molecular formula is C15H22Cl2N2O3. The van der Waals surface area contributed by atoms with Gasteiger partial charge in [0.25, 0.3) is 5.91 Å². The largest absolute Gasteiger partial charge is 0.493 e. The summed E-state index contributed by atoms with van der Waals surface area (Å²) in [6, 6.07) is 3.35. The Labute approximate surface area is 142 Å². The lowest BCUT2D eigenvalue weighted by Gasteiger charge is -2.27. The van der Waals surface area contributed by atoms with Gasteiger partial charge in [0.2, 0.25) is 0 Å². The van der Waals surface area contributed by atoms with Gasteiger partial charge in [0, 0.05) is 31.7 Å². The molecule has 0 unspecified atom stereocenters. The van der Waals surface area contributed by atoms with E-state index in [-0.39, 0.29) is 18.3 Å². The van der Waals surface area contributed by atoms with Crippen LogP contribution in [0.5, 0.6) is 11.5 Å². The van der Waals surface area contributed by atoms with Crippen LogP contribution in [0, 0.1) is 0 Å². The fourth-order valence-electron chi connectivity index (χ4n) is 2.24. The van der Waals surface area contributed by atoms with Crippen molar-refractivity contribution in [1.82, 2.24) is 10.2 Å². The van der Waals surface area contributed by atoms with E-state index in [2.05, 4.69) is 5.32 Å². The molecule has 5 nitrogen and oxygen atoms in total. The van der Waals surface area contributed by atoms with E-state index in [9.17, 15) is 4.79 Å². The number of piperazine rings is 1. The van der Waals surface area contributed by atoms with Crippen molar-refractivity contribution in [1.29, 1.82) is 0 Å². The molecule has 1 fully saturated rings. The molecule has 0 bridgehead atoms. The molecule has 1 aliphatic heterocycles. The van der Waals surface area contributed by atoms with Crippen LogP contribution in [0.3, 0.4) is 0 Å². The van der Waals surface area contributed by atoms with Gasteiger partial charge in [-0.25, -0.2) is 0 Å². The first-order valence-corrected chi connectivity index (χ1v) is 7.55. The minimum atomic E-state index is -0.0289. The topological polar surface area (TPSA) is 50.8 Å². The maximum absolute atomic E-state index is 12.5. The zero-order valence-electron chi connectivity index (χ0n) is 12.9. The quantitative estimate of drug-likeness (QED) is 0.888. The second-order valence-electron chi connectivity index (χ2n) is 4.88. The molecule has 0 radical (unpaired) electrons. The monoisotopic (exact) mass is 348 g/mol. The first kappa shape index (κ1) is 18.9. The van der Waals surface area contributed by atoms with Gasteiger partial charge < -0.3 is 19.7 Å². The summed E-state index contributed by atoms with van der Waals surface area (Å²) in [5, 5.41) is 3.63. The zero-order chi connectivity index (χ0) is 15.2. The van der Waals surface area contributed by atoms with Crippen molar-refractivity contribution in [2.75, 3.05) is 39.9 Å². The zero-order valence-corrected chi connectivity index (χ0v) is 14.4. The van der Waals surface area contributed by atoms with E-state index in [0.717, 1.165) is 19.5 Å². The molecular weight excluding hydrogens is 327 g/mol. The summed E-state index contributed by atoms with van der Waals surface area (Å²) >= 11 is 6.24. The third kappa shape index (κ3) is 4.41. The third-order valence-corrected chi connectivity index (χ3v) is 3.61. The molecule has 1 aromatic rings. The number of nitrogens with one attached hydrogen (secondary N) is 1. The van der Waals surface area contributed by atoms with Gasteiger partial charge in [-0.1, -0.05) is 18.5 Å². The van der Waals surface area contributed by atoms with Crippen molar-refractivity contribution in [3.8, 4) is 11.5 Å². The summed E-state index contributed by atoms with van der Waals surface area (Å²) in [5.74, 6) is 0.964. The first-order chi connectivity index (χ1) is 10.2. The summed E-state index contributed by atoms with van der Waals surface area (Å²) in [4.78, 5) is 14.3. The summed E-state index contributed by atoms with van der Waals surface area (Å²) in [6.07, 6.45) is 0.876. The molecule has 2 rings (SSSR count). The molecule has 124 valence electrons. The van der Waals surface area contributed by atoms with Crippen molar-refractivity contribution < 1.29 is 14.3 Å². The van der Waals surface area contributed by atoms with Gasteiger partial charge in [-0.3, -0.25) is 4.79 Å². The number of rotatable bonds is 5. The Morgan fingerprint density at radius 1 is 1.36 bits per heavy atom. The molecule has 1 aliphatic rings. The molecule has 1 heterocycles. The molecule has 0 aromatic heterocycles. The SMILES string of the molecule is CCCOc1c(Cl)cc(C(=O)N2CCNCC2)cc1OC.Cl. The lowest BCUT2D eigenvalue weighted by atomic mass is 10.1. The molecule has 22 heavy (non-hydrogen) atoms. The van der Waals surface area contributed by atoms with E-state index < -0.39 is 0 Å². The van der Waals surface area contributed by atoms with Gasteiger partial charge >= 0.3 is 0 Å². The van der Waals surface area contributed by atoms with Crippen LogP contribution in [0.1, 0.15) is 23.7 Å². The van der Waals surface area contributed by atoms with Crippen LogP contribution >= 0.6 is 24.0 Å². The van der Waals surface area contributed by atoms with Crippen LogP contribution in [-0.4, -0.2) is 50.7 Å². The normalized spacial score (nSPS) is 14.2. The van der Waals surface area contributed by atoms with Gasteiger partial charge in [0.15, 0.2) is 11.5 Å².